The topological polar surface area (TPSA) is 121 Å². The third-order valence-electron chi connectivity index (χ3n) is 5.66. The maximum absolute atomic E-state index is 14.6. The number of benzene rings is 2. The molecule has 2 heterocycles. The number of H-pyrrole nitrogens is 1. The van der Waals surface area contributed by atoms with Crippen LogP contribution in [-0.4, -0.2) is 65.2 Å². The van der Waals surface area contributed by atoms with Gasteiger partial charge in [0.1, 0.15) is 23.7 Å². The van der Waals surface area contributed by atoms with Gasteiger partial charge in [-0.15, -0.1) is 0 Å². The summed E-state index contributed by atoms with van der Waals surface area (Å²) in [4.78, 5) is 37.6. The van der Waals surface area contributed by atoms with Gasteiger partial charge < -0.3 is 23.8 Å². The van der Waals surface area contributed by atoms with Crippen molar-refractivity contribution in [2.75, 3.05) is 34.9 Å². The second kappa shape index (κ2) is 11.2. The molecule has 4 rings (SSSR count). The van der Waals surface area contributed by atoms with Gasteiger partial charge in [0.15, 0.2) is 35.4 Å². The number of rotatable bonds is 9. The second-order valence-corrected chi connectivity index (χ2v) is 8.81. The minimum atomic E-state index is -1.15. The van der Waals surface area contributed by atoms with Crippen molar-refractivity contribution in [3.8, 4) is 28.8 Å². The number of imidazole rings is 1. The highest BCUT2D eigenvalue weighted by molar-refractivity contribution is 6.32. The van der Waals surface area contributed by atoms with E-state index in [2.05, 4.69) is 15.0 Å². The molecule has 0 fully saturated rings. The van der Waals surface area contributed by atoms with Crippen LogP contribution in [0, 0.1) is 18.6 Å². The number of carbonyl (C=O) groups excluding carboxylic acids is 1. The molecule has 0 aliphatic rings. The van der Waals surface area contributed by atoms with Crippen LogP contribution < -0.4 is 24.6 Å². The molecule has 0 atom stereocenters. The highest BCUT2D eigenvalue weighted by Gasteiger charge is 2.22. The third-order valence-corrected chi connectivity index (χ3v) is 5.96. The standard InChI is InChI=1S/C25H24ClF2N5O6/c1-12-29-23-22(24(30-12)37-5)31-25(35)33(23)16-9-19(18(8-14(16)26)39-11-20(34)32(2)3)38-10-13-17(36-4)7-6-15(27)21(13)28/h6-9H,10-11H2,1-5H3,(H,31,35). The van der Waals surface area contributed by atoms with Crippen LogP contribution in [0.3, 0.4) is 0 Å². The quantitative estimate of drug-likeness (QED) is 0.329. The van der Waals surface area contributed by atoms with Gasteiger partial charge in [0.25, 0.3) is 5.91 Å². The Bertz CT molecular complexity index is 1620. The van der Waals surface area contributed by atoms with Crippen LogP contribution in [0.5, 0.6) is 23.1 Å². The lowest BCUT2D eigenvalue weighted by Crippen LogP contribution is -2.27. The van der Waals surface area contributed by atoms with E-state index in [4.69, 9.17) is 30.5 Å². The van der Waals surface area contributed by atoms with E-state index in [9.17, 15) is 18.4 Å². The van der Waals surface area contributed by atoms with E-state index in [0.29, 0.717) is 5.82 Å². The van der Waals surface area contributed by atoms with Gasteiger partial charge in [0, 0.05) is 26.2 Å². The number of aromatic amines is 1. The number of nitrogens with zero attached hydrogens (tertiary/aromatic N) is 4. The molecule has 14 heteroatoms. The van der Waals surface area contributed by atoms with E-state index < -0.39 is 23.9 Å². The van der Waals surface area contributed by atoms with Crippen molar-refractivity contribution in [2.24, 2.45) is 0 Å². The fourth-order valence-corrected chi connectivity index (χ4v) is 3.91. The first-order valence-electron chi connectivity index (χ1n) is 11.4. The zero-order valence-electron chi connectivity index (χ0n) is 21.6. The Morgan fingerprint density at radius 3 is 2.46 bits per heavy atom. The van der Waals surface area contributed by atoms with Gasteiger partial charge >= 0.3 is 5.69 Å². The zero-order chi connectivity index (χ0) is 28.4. The predicted molar refractivity (Wildman–Crippen MR) is 137 cm³/mol. The monoisotopic (exact) mass is 563 g/mol. The lowest BCUT2D eigenvalue weighted by atomic mass is 10.2. The molecule has 0 saturated carbocycles. The first-order valence-corrected chi connectivity index (χ1v) is 11.8. The molecule has 2 aromatic heterocycles. The smallest absolute Gasteiger partial charge is 0.332 e. The number of hydrogen-bond acceptors (Lipinski definition) is 8. The van der Waals surface area contributed by atoms with Crippen LogP contribution in [0.4, 0.5) is 8.78 Å². The summed E-state index contributed by atoms with van der Waals surface area (Å²) in [6.07, 6.45) is 0. The average molecular weight is 564 g/mol. The van der Waals surface area contributed by atoms with Crippen LogP contribution in [0.25, 0.3) is 16.9 Å². The minimum absolute atomic E-state index is 0.0194. The van der Waals surface area contributed by atoms with Crippen molar-refractivity contribution in [3.63, 3.8) is 0 Å². The molecule has 206 valence electrons. The number of aromatic nitrogens is 4. The summed E-state index contributed by atoms with van der Waals surface area (Å²) >= 11 is 6.56. The molecular weight excluding hydrogens is 540 g/mol. The van der Waals surface area contributed by atoms with Crippen molar-refractivity contribution in [2.45, 2.75) is 13.5 Å². The van der Waals surface area contributed by atoms with E-state index in [1.165, 1.54) is 41.9 Å². The van der Waals surface area contributed by atoms with Gasteiger partial charge in [-0.3, -0.25) is 9.78 Å². The number of likely N-dealkylation sites (N-methyl/N-ethyl adjacent to an activating group) is 1. The minimum Gasteiger partial charge on any atom is -0.496 e. The SMILES string of the molecule is COc1ccc(F)c(F)c1COc1cc(-n2c(=O)[nH]c3c(OC)nc(C)nc32)c(Cl)cc1OCC(=O)N(C)C. The normalized spacial score (nSPS) is 11.0. The fourth-order valence-electron chi connectivity index (χ4n) is 3.67. The number of fused-ring (bicyclic) bond motifs is 1. The molecule has 2 aromatic carbocycles. The number of amides is 1. The van der Waals surface area contributed by atoms with E-state index in [-0.39, 0.29) is 63.1 Å². The number of aryl methyl sites for hydroxylation is 1. The van der Waals surface area contributed by atoms with Crippen LogP contribution in [0.1, 0.15) is 11.4 Å². The van der Waals surface area contributed by atoms with Crippen molar-refractivity contribution < 1.29 is 32.5 Å². The molecular formula is C25H24ClF2N5O6. The number of ether oxygens (including phenoxy) is 4. The molecule has 1 amide bonds. The Balaban J connectivity index is 1.84. The number of halogens is 3. The van der Waals surface area contributed by atoms with Crippen LogP contribution in [0.2, 0.25) is 5.02 Å². The predicted octanol–water partition coefficient (Wildman–Crippen LogP) is 3.41. The number of carbonyl (C=O) groups is 1. The van der Waals surface area contributed by atoms with Crippen molar-refractivity contribution in [3.05, 3.63) is 62.8 Å². The van der Waals surface area contributed by atoms with Crippen molar-refractivity contribution >= 4 is 28.7 Å². The van der Waals surface area contributed by atoms with Gasteiger partial charge in [-0.05, 0) is 19.1 Å². The number of methoxy groups -OCH3 is 2. The van der Waals surface area contributed by atoms with Crippen LogP contribution in [0.15, 0.2) is 29.1 Å². The van der Waals surface area contributed by atoms with Gasteiger partial charge in [-0.25, -0.2) is 23.1 Å². The van der Waals surface area contributed by atoms with Gasteiger partial charge in [0.2, 0.25) is 5.88 Å². The van der Waals surface area contributed by atoms with E-state index in [1.807, 2.05) is 0 Å². The molecule has 0 unspecified atom stereocenters. The molecule has 0 aliphatic heterocycles. The molecule has 0 radical (unpaired) electrons. The summed E-state index contributed by atoms with van der Waals surface area (Å²) < 4.78 is 51.6. The Morgan fingerprint density at radius 1 is 1.08 bits per heavy atom. The summed E-state index contributed by atoms with van der Waals surface area (Å²) in [6.45, 7) is 0.774. The average Bonchev–Trinajstić information content (AvgIpc) is 3.23. The first kappa shape index (κ1) is 27.6. The van der Waals surface area contributed by atoms with E-state index >= 15 is 0 Å². The van der Waals surface area contributed by atoms with Gasteiger partial charge in [0.05, 0.1) is 30.5 Å². The lowest BCUT2D eigenvalue weighted by Gasteiger charge is -2.18. The first-order chi connectivity index (χ1) is 18.5. The highest BCUT2D eigenvalue weighted by Crippen LogP contribution is 2.37. The molecule has 4 aromatic rings. The van der Waals surface area contributed by atoms with Crippen LogP contribution in [-0.2, 0) is 11.4 Å². The van der Waals surface area contributed by atoms with Gasteiger partial charge in [-0.2, -0.15) is 4.98 Å². The zero-order valence-corrected chi connectivity index (χ0v) is 22.4. The van der Waals surface area contributed by atoms with Gasteiger partial charge in [-0.1, -0.05) is 11.6 Å². The Hall–Kier alpha value is -4.39. The molecule has 39 heavy (non-hydrogen) atoms. The largest absolute Gasteiger partial charge is 0.496 e. The molecule has 1 N–H and O–H groups in total. The second-order valence-electron chi connectivity index (χ2n) is 8.40. The number of hydrogen-bond donors (Lipinski definition) is 1. The maximum Gasteiger partial charge on any atom is 0.332 e. The summed E-state index contributed by atoms with van der Waals surface area (Å²) in [5.74, 6) is -2.06. The Morgan fingerprint density at radius 2 is 1.79 bits per heavy atom. The Labute approximate surface area is 225 Å². The lowest BCUT2D eigenvalue weighted by molar-refractivity contribution is -0.130. The third kappa shape index (κ3) is 5.43. The molecule has 0 aliphatic carbocycles. The molecule has 0 spiro atoms. The number of nitrogens with one attached hydrogen (secondary N) is 1. The summed E-state index contributed by atoms with van der Waals surface area (Å²) in [7, 11) is 5.82. The molecule has 11 nitrogen and oxygen atoms in total. The Kier molecular flexibility index (Phi) is 7.90. The van der Waals surface area contributed by atoms with Crippen molar-refractivity contribution in [1.82, 2.24) is 24.4 Å². The highest BCUT2D eigenvalue weighted by atomic mass is 35.5. The molecule has 0 bridgehead atoms. The van der Waals surface area contributed by atoms with Crippen LogP contribution >= 0.6 is 11.6 Å². The van der Waals surface area contributed by atoms with E-state index in [0.717, 1.165) is 6.07 Å². The summed E-state index contributed by atoms with van der Waals surface area (Å²) in [6, 6.07) is 4.89. The maximum atomic E-state index is 14.6. The van der Waals surface area contributed by atoms with Crippen molar-refractivity contribution in [1.29, 1.82) is 0 Å². The van der Waals surface area contributed by atoms with E-state index in [1.54, 1.807) is 21.0 Å². The summed E-state index contributed by atoms with van der Waals surface area (Å²) in [5, 5.41) is 0.0439. The molecule has 0 saturated heterocycles. The summed E-state index contributed by atoms with van der Waals surface area (Å²) in [5.41, 5.74) is -0.269. The fraction of sp³-hybridized carbons (Fsp3) is 0.280.